The van der Waals surface area contributed by atoms with Crippen LogP contribution in [0.4, 0.5) is 11.4 Å². The number of ether oxygens (including phenoxy) is 1. The Morgan fingerprint density at radius 2 is 1.94 bits per heavy atom. The molecule has 2 heterocycles. The minimum absolute atomic E-state index is 0.200. The summed E-state index contributed by atoms with van der Waals surface area (Å²) in [7, 11) is 1.59. The third-order valence-electron chi connectivity index (χ3n) is 5.57. The number of hydrogen-bond acceptors (Lipinski definition) is 4. The minimum Gasteiger partial charge on any atom is -0.495 e. The van der Waals surface area contributed by atoms with Crippen LogP contribution in [-0.4, -0.2) is 18.1 Å². The molecule has 1 aromatic heterocycles. The first-order chi connectivity index (χ1) is 15.4. The van der Waals surface area contributed by atoms with Gasteiger partial charge >= 0.3 is 0 Å². The summed E-state index contributed by atoms with van der Waals surface area (Å²) in [5, 5.41) is 11.1. The molecule has 3 aromatic rings. The highest BCUT2D eigenvalue weighted by Crippen LogP contribution is 2.37. The van der Waals surface area contributed by atoms with E-state index in [1.807, 2.05) is 66.8 Å². The Bertz CT molecular complexity index is 1200. The fourth-order valence-electron chi connectivity index (χ4n) is 3.91. The van der Waals surface area contributed by atoms with Crippen LogP contribution < -0.4 is 20.3 Å². The van der Waals surface area contributed by atoms with Gasteiger partial charge in [-0.1, -0.05) is 24.3 Å². The number of thiophene rings is 1. The lowest BCUT2D eigenvalue weighted by Crippen LogP contribution is -2.48. The number of methoxy groups -OCH3 is 1. The molecule has 0 radical (unpaired) electrons. The van der Waals surface area contributed by atoms with Crippen LogP contribution in [0.15, 0.2) is 70.6 Å². The Morgan fingerprint density at radius 3 is 2.66 bits per heavy atom. The summed E-state index contributed by atoms with van der Waals surface area (Å²) in [4.78, 5) is 15.6. The summed E-state index contributed by atoms with van der Waals surface area (Å²) in [6, 6.07) is 15.3. The largest absolute Gasteiger partial charge is 0.495 e. The van der Waals surface area contributed by atoms with Crippen LogP contribution in [0.25, 0.3) is 0 Å². The quantitative estimate of drug-likeness (QED) is 0.474. The van der Waals surface area contributed by atoms with Crippen LogP contribution in [0.1, 0.15) is 29.7 Å². The highest BCUT2D eigenvalue weighted by Gasteiger charge is 2.35. The van der Waals surface area contributed by atoms with Gasteiger partial charge in [0.2, 0.25) is 0 Å². The lowest BCUT2D eigenvalue weighted by atomic mass is 9.95. The molecular formula is C25H25N3O2S2. The molecule has 0 aliphatic carbocycles. The summed E-state index contributed by atoms with van der Waals surface area (Å²) in [5.41, 5.74) is 6.21. The van der Waals surface area contributed by atoms with E-state index in [4.69, 9.17) is 17.0 Å². The van der Waals surface area contributed by atoms with Gasteiger partial charge in [0.1, 0.15) is 5.75 Å². The fourth-order valence-corrected chi connectivity index (χ4v) is 4.95. The molecule has 0 saturated heterocycles. The maximum atomic E-state index is 13.7. The molecule has 2 aromatic carbocycles. The molecular weight excluding hydrogens is 438 g/mol. The number of rotatable bonds is 5. The molecule has 0 bridgehead atoms. The first kappa shape index (κ1) is 22.0. The van der Waals surface area contributed by atoms with Crippen molar-refractivity contribution in [1.29, 1.82) is 0 Å². The predicted molar refractivity (Wildman–Crippen MR) is 136 cm³/mol. The first-order valence-electron chi connectivity index (χ1n) is 10.3. The van der Waals surface area contributed by atoms with E-state index in [9.17, 15) is 4.79 Å². The normalized spacial score (nSPS) is 16.1. The molecule has 4 rings (SSSR count). The van der Waals surface area contributed by atoms with Crippen LogP contribution in [-0.2, 0) is 4.79 Å². The van der Waals surface area contributed by atoms with Crippen LogP contribution in [0.3, 0.4) is 0 Å². The zero-order chi connectivity index (χ0) is 22.8. The van der Waals surface area contributed by atoms with Crippen LogP contribution in [0.5, 0.6) is 5.75 Å². The average molecular weight is 464 g/mol. The molecule has 2 N–H and O–H groups in total. The van der Waals surface area contributed by atoms with Gasteiger partial charge in [-0.05, 0) is 84.7 Å². The van der Waals surface area contributed by atoms with Gasteiger partial charge in [-0.25, -0.2) is 0 Å². The van der Waals surface area contributed by atoms with Crippen molar-refractivity contribution >= 4 is 45.9 Å². The smallest absolute Gasteiger partial charge is 0.255 e. The fraction of sp³-hybridized carbons (Fsp3) is 0.200. The molecule has 32 heavy (non-hydrogen) atoms. The Labute approximate surface area is 197 Å². The summed E-state index contributed by atoms with van der Waals surface area (Å²) < 4.78 is 5.42. The number of aryl methyl sites for hydroxylation is 2. The van der Waals surface area contributed by atoms with Crippen molar-refractivity contribution in [3.63, 3.8) is 0 Å². The topological polar surface area (TPSA) is 53.6 Å². The number of allylic oxidation sites excluding steroid dienone is 1. The number of nitrogens with one attached hydrogen (secondary N) is 2. The third-order valence-corrected chi connectivity index (χ3v) is 6.57. The molecule has 0 saturated carbocycles. The van der Waals surface area contributed by atoms with Gasteiger partial charge in [0.25, 0.3) is 5.91 Å². The maximum absolute atomic E-state index is 13.7. The van der Waals surface area contributed by atoms with Gasteiger partial charge in [-0.3, -0.25) is 9.69 Å². The molecule has 5 nitrogen and oxygen atoms in total. The number of hydrogen-bond donors (Lipinski definition) is 2. The van der Waals surface area contributed by atoms with Gasteiger partial charge in [0.05, 0.1) is 30.1 Å². The highest BCUT2D eigenvalue weighted by molar-refractivity contribution is 7.80. The number of anilines is 2. The zero-order valence-electron chi connectivity index (χ0n) is 18.4. The minimum atomic E-state index is -0.343. The summed E-state index contributed by atoms with van der Waals surface area (Å²) >= 11 is 7.37. The second-order valence-corrected chi connectivity index (χ2v) is 8.88. The van der Waals surface area contributed by atoms with Crippen LogP contribution in [0, 0.1) is 13.8 Å². The standard InChI is InChI=1S/C25H25N3O2S2/c1-15-9-10-16(2)20(13-15)28-17(3)22(23(27-25(28)31)18-11-12-32-14-18)24(29)26-19-7-5-6-8-21(19)30-4/h5-14,23H,1-4H3,(H,26,29)(H,27,31). The lowest BCUT2D eigenvalue weighted by Gasteiger charge is -2.38. The Hall–Kier alpha value is -3.16. The molecule has 1 amide bonds. The molecule has 7 heteroatoms. The SMILES string of the molecule is COc1ccccc1NC(=O)C1=C(C)N(c2cc(C)ccc2C)C(=S)NC1c1ccsc1. The Balaban J connectivity index is 1.83. The predicted octanol–water partition coefficient (Wildman–Crippen LogP) is 5.72. The van der Waals surface area contributed by atoms with Gasteiger partial charge in [0, 0.05) is 5.70 Å². The van der Waals surface area contributed by atoms with Gasteiger partial charge < -0.3 is 15.4 Å². The summed E-state index contributed by atoms with van der Waals surface area (Å²) in [5.74, 6) is 0.408. The van der Waals surface area contributed by atoms with Crippen molar-refractivity contribution in [3.05, 3.63) is 87.3 Å². The van der Waals surface area contributed by atoms with E-state index >= 15 is 0 Å². The summed E-state index contributed by atoms with van der Waals surface area (Å²) in [6.45, 7) is 6.04. The molecule has 1 aliphatic heterocycles. The number of benzene rings is 2. The highest BCUT2D eigenvalue weighted by atomic mass is 32.1. The zero-order valence-corrected chi connectivity index (χ0v) is 20.1. The third kappa shape index (κ3) is 4.13. The van der Waals surface area contributed by atoms with E-state index in [0.717, 1.165) is 28.1 Å². The van der Waals surface area contributed by atoms with Crippen LogP contribution in [0.2, 0.25) is 0 Å². The number of carbonyl (C=O) groups is 1. The van der Waals surface area contributed by atoms with Crippen LogP contribution >= 0.6 is 23.6 Å². The van der Waals surface area contributed by atoms with Crippen molar-refractivity contribution in [2.24, 2.45) is 0 Å². The Kier molecular flexibility index (Phi) is 6.30. The van der Waals surface area contributed by atoms with Crippen molar-refractivity contribution < 1.29 is 9.53 Å². The molecule has 1 aliphatic rings. The van der Waals surface area contributed by atoms with Gasteiger partial charge in [-0.15, -0.1) is 0 Å². The van der Waals surface area contributed by atoms with Crippen molar-refractivity contribution in [1.82, 2.24) is 5.32 Å². The van der Waals surface area contributed by atoms with Crippen molar-refractivity contribution in [2.45, 2.75) is 26.8 Å². The number of thiocarbonyl (C=S) groups is 1. The maximum Gasteiger partial charge on any atom is 0.255 e. The molecule has 164 valence electrons. The average Bonchev–Trinajstić information content (AvgIpc) is 3.31. The number of amides is 1. The van der Waals surface area contributed by atoms with E-state index < -0.39 is 0 Å². The number of para-hydroxylation sites is 2. The van der Waals surface area contributed by atoms with Crippen molar-refractivity contribution in [3.8, 4) is 5.75 Å². The summed E-state index contributed by atoms with van der Waals surface area (Å²) in [6.07, 6.45) is 0. The molecule has 1 atom stereocenters. The monoisotopic (exact) mass is 463 g/mol. The number of nitrogens with zero attached hydrogens (tertiary/aromatic N) is 1. The van der Waals surface area contributed by atoms with E-state index in [0.29, 0.717) is 22.1 Å². The lowest BCUT2D eigenvalue weighted by molar-refractivity contribution is -0.113. The van der Waals surface area contributed by atoms with Gasteiger partial charge in [-0.2, -0.15) is 11.3 Å². The molecule has 0 spiro atoms. The van der Waals surface area contributed by atoms with Crippen molar-refractivity contribution in [2.75, 3.05) is 17.3 Å². The second-order valence-electron chi connectivity index (χ2n) is 7.72. The second kappa shape index (κ2) is 9.14. The molecule has 1 unspecified atom stereocenters. The first-order valence-corrected chi connectivity index (χ1v) is 11.6. The number of carbonyl (C=O) groups excluding carboxylic acids is 1. The van der Waals surface area contributed by atoms with E-state index in [-0.39, 0.29) is 11.9 Å². The van der Waals surface area contributed by atoms with E-state index in [1.165, 1.54) is 0 Å². The molecule has 0 fully saturated rings. The van der Waals surface area contributed by atoms with E-state index in [2.05, 4.69) is 28.8 Å². The van der Waals surface area contributed by atoms with E-state index in [1.54, 1.807) is 18.4 Å². The van der Waals surface area contributed by atoms with Gasteiger partial charge in [0.15, 0.2) is 5.11 Å². The Morgan fingerprint density at radius 1 is 1.16 bits per heavy atom.